The Labute approximate surface area is 125 Å². The molecule has 0 radical (unpaired) electrons. The fourth-order valence-corrected chi connectivity index (χ4v) is 13.0. The fourth-order valence-electron chi connectivity index (χ4n) is 5.13. The van der Waals surface area contributed by atoms with Crippen LogP contribution in [0.1, 0.15) is 41.5 Å². The minimum Gasteiger partial charge on any atom is -0.298 e. The quantitative estimate of drug-likeness (QED) is 0.475. The van der Waals surface area contributed by atoms with Crippen molar-refractivity contribution in [2.45, 2.75) is 58.0 Å². The molecular weight excluding hydrogens is 282 g/mol. The highest BCUT2D eigenvalue weighted by Gasteiger charge is 2.82. The van der Waals surface area contributed by atoms with E-state index in [9.17, 15) is 4.79 Å². The van der Waals surface area contributed by atoms with Gasteiger partial charge in [0, 0.05) is 5.16 Å². The standard InChI is InChI=1S/C17H24OP2/c1-15(2,3)14-19-13-11-9-7-8-10(12(13)18)20(14)17(9,11)16(4,5)6/h7-11,13H,1-6H3/t9-,10-,11-,13-,17-,20?/m0/s1. The van der Waals surface area contributed by atoms with E-state index in [0.29, 0.717) is 33.8 Å². The number of ketones is 1. The number of carbonyl (C=O) groups excluding carboxylic acids is 1. The average molecular weight is 306 g/mol. The van der Waals surface area contributed by atoms with Crippen LogP contribution in [-0.2, 0) is 4.79 Å². The third kappa shape index (κ3) is 1.27. The van der Waals surface area contributed by atoms with Crippen LogP contribution in [0.3, 0.4) is 0 Å². The molecule has 0 aromatic carbocycles. The second-order valence-electron chi connectivity index (χ2n) is 8.88. The molecule has 0 amide bonds. The predicted octanol–water partition coefficient (Wildman–Crippen LogP) is 4.52. The molecule has 5 rings (SSSR count). The zero-order chi connectivity index (χ0) is 14.7. The number of hydrogen-bond donors (Lipinski definition) is 0. The molecule has 1 saturated heterocycles. The average Bonchev–Trinajstić information content (AvgIpc) is 3.01. The fraction of sp³-hybridized carbons (Fsp3) is 0.765. The van der Waals surface area contributed by atoms with Gasteiger partial charge in [0.25, 0.3) is 0 Å². The van der Waals surface area contributed by atoms with Crippen LogP contribution in [0.5, 0.6) is 0 Å². The summed E-state index contributed by atoms with van der Waals surface area (Å²) < 4.78 is 0. The van der Waals surface area contributed by atoms with Gasteiger partial charge in [0.05, 0.1) is 11.3 Å². The van der Waals surface area contributed by atoms with Gasteiger partial charge in [0.2, 0.25) is 0 Å². The second kappa shape index (κ2) is 3.49. The maximum Gasteiger partial charge on any atom is 0.155 e. The van der Waals surface area contributed by atoms with Crippen LogP contribution in [0.4, 0.5) is 0 Å². The van der Waals surface area contributed by atoms with Crippen molar-refractivity contribution < 1.29 is 4.79 Å². The molecule has 0 aromatic rings. The molecule has 4 heterocycles. The highest BCUT2D eigenvalue weighted by atomic mass is 31.1. The summed E-state index contributed by atoms with van der Waals surface area (Å²) in [6.07, 6.45) is 4.71. The molecule has 1 saturated carbocycles. The predicted molar refractivity (Wildman–Crippen MR) is 89.2 cm³/mol. The topological polar surface area (TPSA) is 17.1 Å². The van der Waals surface area contributed by atoms with Gasteiger partial charge in [0.1, 0.15) is 0 Å². The van der Waals surface area contributed by atoms with Crippen molar-refractivity contribution in [1.29, 1.82) is 0 Å². The van der Waals surface area contributed by atoms with Crippen molar-refractivity contribution in [2.75, 3.05) is 0 Å². The van der Waals surface area contributed by atoms with E-state index < -0.39 is 0 Å². The van der Waals surface area contributed by atoms with Gasteiger partial charge in [0.15, 0.2) is 5.78 Å². The Bertz CT molecular complexity index is 575. The molecule has 4 bridgehead atoms. The maximum atomic E-state index is 12.8. The Kier molecular flexibility index (Phi) is 2.39. The van der Waals surface area contributed by atoms with Crippen molar-refractivity contribution in [2.24, 2.45) is 22.7 Å². The molecule has 5 aliphatic rings. The summed E-state index contributed by atoms with van der Waals surface area (Å²) >= 11 is 0. The van der Waals surface area contributed by atoms with E-state index in [2.05, 4.69) is 53.7 Å². The molecule has 1 aliphatic carbocycles. The Hall–Kier alpha value is 0.01000. The monoisotopic (exact) mass is 306 g/mol. The van der Waals surface area contributed by atoms with Crippen molar-refractivity contribution in [3.8, 4) is 0 Å². The lowest BCUT2D eigenvalue weighted by Gasteiger charge is -2.53. The van der Waals surface area contributed by atoms with Gasteiger partial charge in [-0.2, -0.15) is 0 Å². The number of hydrogen-bond acceptors (Lipinski definition) is 1. The summed E-state index contributed by atoms with van der Waals surface area (Å²) in [4.78, 5) is 12.8. The van der Waals surface area contributed by atoms with Crippen LogP contribution in [-0.4, -0.2) is 27.3 Å². The maximum absolute atomic E-state index is 12.8. The summed E-state index contributed by atoms with van der Waals surface area (Å²) in [7, 11) is 1.09. The summed E-state index contributed by atoms with van der Waals surface area (Å²) in [6.45, 7) is 14.3. The van der Waals surface area contributed by atoms with Crippen LogP contribution in [0.2, 0.25) is 0 Å². The SMILES string of the molecule is CC(C)(C)C1=P[C@@H]2C(=O)[C@@H]3C=C[C@H]4[C@@H]2[C@@]4(C(C)(C)C)P13. The second-order valence-corrected chi connectivity index (χ2v) is 13.0. The molecule has 1 nitrogen and oxygen atoms in total. The Morgan fingerprint density at radius 2 is 1.80 bits per heavy atom. The van der Waals surface area contributed by atoms with Gasteiger partial charge in [-0.15, -0.1) is 0 Å². The van der Waals surface area contributed by atoms with E-state index in [1.165, 1.54) is 8.20 Å². The summed E-state index contributed by atoms with van der Waals surface area (Å²) in [5.41, 5.74) is 1.13. The molecular formula is C17H24OP2. The van der Waals surface area contributed by atoms with Crippen molar-refractivity contribution >= 4 is 26.9 Å². The minimum absolute atomic E-state index is 0.250. The lowest BCUT2D eigenvalue weighted by molar-refractivity contribution is -0.118. The number of Topliss-reactive ketones (excluding diaryl/α,β-unsaturated/α-hetero) is 1. The van der Waals surface area contributed by atoms with E-state index in [0.717, 1.165) is 0 Å². The molecule has 0 spiro atoms. The largest absolute Gasteiger partial charge is 0.298 e. The summed E-state index contributed by atoms with van der Waals surface area (Å²) in [6, 6.07) is 0. The zero-order valence-corrected chi connectivity index (χ0v) is 15.1. The van der Waals surface area contributed by atoms with E-state index in [4.69, 9.17) is 0 Å². The first kappa shape index (κ1) is 13.7. The Morgan fingerprint density at radius 3 is 2.35 bits per heavy atom. The van der Waals surface area contributed by atoms with Gasteiger partial charge in [-0.25, -0.2) is 0 Å². The Morgan fingerprint density at radius 1 is 1.15 bits per heavy atom. The molecule has 4 aliphatic heterocycles. The highest BCUT2D eigenvalue weighted by molar-refractivity contribution is 7.89. The lowest BCUT2D eigenvalue weighted by atomic mass is 9.85. The van der Waals surface area contributed by atoms with Crippen molar-refractivity contribution in [1.82, 2.24) is 0 Å². The molecule has 20 heavy (non-hydrogen) atoms. The van der Waals surface area contributed by atoms with Crippen molar-refractivity contribution in [3.63, 3.8) is 0 Å². The Balaban J connectivity index is 1.96. The normalized spacial score (nSPS) is 49.2. The van der Waals surface area contributed by atoms with Gasteiger partial charge in [-0.3, -0.25) is 4.79 Å². The molecule has 108 valence electrons. The number of allylic oxidation sites excluding steroid dienone is 2. The van der Waals surface area contributed by atoms with Crippen LogP contribution < -0.4 is 0 Å². The van der Waals surface area contributed by atoms with Crippen LogP contribution >= 0.6 is 16.1 Å². The zero-order valence-electron chi connectivity index (χ0n) is 13.3. The first-order valence-corrected chi connectivity index (χ1v) is 10.1. The van der Waals surface area contributed by atoms with Crippen LogP contribution in [0.15, 0.2) is 12.2 Å². The molecule has 0 aromatic heterocycles. The molecule has 3 heteroatoms. The van der Waals surface area contributed by atoms with E-state index >= 15 is 0 Å². The van der Waals surface area contributed by atoms with E-state index in [1.807, 2.05) is 0 Å². The van der Waals surface area contributed by atoms with Gasteiger partial charge in [-0.05, 0) is 27.7 Å². The van der Waals surface area contributed by atoms with Crippen LogP contribution in [0.25, 0.3) is 0 Å². The highest BCUT2D eigenvalue weighted by Crippen LogP contribution is 2.89. The van der Waals surface area contributed by atoms with Crippen LogP contribution in [0, 0.1) is 22.7 Å². The third-order valence-corrected chi connectivity index (χ3v) is 12.7. The van der Waals surface area contributed by atoms with E-state index in [1.54, 1.807) is 5.03 Å². The lowest BCUT2D eigenvalue weighted by Crippen LogP contribution is -2.51. The summed E-state index contributed by atoms with van der Waals surface area (Å²) in [5.74, 6) is 1.92. The third-order valence-electron chi connectivity index (χ3n) is 5.76. The van der Waals surface area contributed by atoms with Crippen molar-refractivity contribution in [3.05, 3.63) is 12.2 Å². The van der Waals surface area contributed by atoms with Gasteiger partial charge in [-0.1, -0.05) is 69.8 Å². The smallest absolute Gasteiger partial charge is 0.155 e. The first-order chi connectivity index (χ1) is 9.12. The van der Waals surface area contributed by atoms with Gasteiger partial charge < -0.3 is 0 Å². The molecule has 1 unspecified atom stereocenters. The number of rotatable bonds is 0. The minimum atomic E-state index is -0.300. The molecule has 6 atom stereocenters. The molecule has 0 N–H and O–H groups in total. The van der Waals surface area contributed by atoms with Gasteiger partial charge >= 0.3 is 0 Å². The number of carbonyl (C=O) groups is 1. The summed E-state index contributed by atoms with van der Waals surface area (Å²) in [5, 5.41) is 2.16. The van der Waals surface area contributed by atoms with E-state index in [-0.39, 0.29) is 19.0 Å². The molecule has 2 fully saturated rings. The first-order valence-electron chi connectivity index (χ1n) is 7.71.